The molecule has 2 aromatic rings. The predicted molar refractivity (Wildman–Crippen MR) is 165 cm³/mol. The van der Waals surface area contributed by atoms with E-state index in [0.29, 0.717) is 17.1 Å². The Labute approximate surface area is 242 Å². The minimum absolute atomic E-state index is 0.0150. The number of pyridine rings is 1. The number of aromatic nitrogens is 1. The second kappa shape index (κ2) is 11.0. The Morgan fingerprint density at radius 3 is 2.52 bits per heavy atom. The zero-order valence-corrected chi connectivity index (χ0v) is 25.5. The van der Waals surface area contributed by atoms with Gasteiger partial charge in [0, 0.05) is 54.9 Å². The highest BCUT2D eigenvalue weighted by atomic mass is 32.1. The molecule has 0 aromatic carbocycles. The summed E-state index contributed by atoms with van der Waals surface area (Å²) in [6.45, 7) is 20.1. The molecule has 3 aliphatic heterocycles. The molecule has 1 saturated heterocycles. The summed E-state index contributed by atoms with van der Waals surface area (Å²) in [4.78, 5) is 29.1. The van der Waals surface area contributed by atoms with Crippen molar-refractivity contribution in [3.05, 3.63) is 63.5 Å². The molecule has 0 bridgehead atoms. The first kappa shape index (κ1) is 28.3. The first-order valence-corrected chi connectivity index (χ1v) is 14.8. The molecule has 9 nitrogen and oxygen atoms in total. The Balaban J connectivity index is 1.26. The van der Waals surface area contributed by atoms with Gasteiger partial charge in [-0.1, -0.05) is 20.8 Å². The molecule has 0 aliphatic carbocycles. The van der Waals surface area contributed by atoms with Gasteiger partial charge in [-0.3, -0.25) is 24.7 Å². The number of allylic oxidation sites excluding steroid dienone is 1. The highest BCUT2D eigenvalue weighted by Crippen LogP contribution is 2.31. The van der Waals surface area contributed by atoms with Crippen LogP contribution in [0.2, 0.25) is 0 Å². The summed E-state index contributed by atoms with van der Waals surface area (Å²) in [6, 6.07) is 5.87. The smallest absolute Gasteiger partial charge is 0.265 e. The molecule has 1 fully saturated rings. The Bertz CT molecular complexity index is 1340. The average Bonchev–Trinajstić information content (AvgIpc) is 3.60. The zero-order chi connectivity index (χ0) is 28.7. The van der Waals surface area contributed by atoms with Crippen molar-refractivity contribution in [1.29, 1.82) is 0 Å². The fourth-order valence-electron chi connectivity index (χ4n) is 5.11. The van der Waals surface area contributed by atoms with E-state index in [0.717, 1.165) is 43.3 Å². The van der Waals surface area contributed by atoms with Crippen LogP contribution in [-0.2, 0) is 5.41 Å². The number of anilines is 2. The lowest BCUT2D eigenvalue weighted by atomic mass is 9.95. The number of hydrogen-bond acceptors (Lipinski definition) is 9. The molecule has 1 unspecified atom stereocenters. The van der Waals surface area contributed by atoms with E-state index < -0.39 is 0 Å². The van der Waals surface area contributed by atoms with Crippen molar-refractivity contribution in [2.24, 2.45) is 10.9 Å². The molecule has 3 N–H and O–H groups in total. The van der Waals surface area contributed by atoms with Crippen LogP contribution < -0.4 is 21.3 Å². The molecule has 1 atom stereocenters. The summed E-state index contributed by atoms with van der Waals surface area (Å²) in [5.41, 5.74) is 11.4. The van der Waals surface area contributed by atoms with Gasteiger partial charge in [-0.15, -0.1) is 16.9 Å². The third kappa shape index (κ3) is 6.24. The molecule has 40 heavy (non-hydrogen) atoms. The van der Waals surface area contributed by atoms with Crippen LogP contribution in [0.25, 0.3) is 0 Å². The van der Waals surface area contributed by atoms with Gasteiger partial charge in [0.25, 0.3) is 5.91 Å². The molecule has 10 heteroatoms. The SMILES string of the molecule is Cc1ncc(NC(=O)c2ccc(C(C)(C)C)s2)cc1N1C=C(C2C=C(N3CCN(C(C)(C)C)CC3)C=NC2)NN1. The molecule has 5 rings (SSSR count). The third-order valence-electron chi connectivity index (χ3n) is 7.63. The van der Waals surface area contributed by atoms with Crippen LogP contribution in [-0.4, -0.2) is 65.2 Å². The van der Waals surface area contributed by atoms with Crippen LogP contribution in [0.5, 0.6) is 0 Å². The molecule has 0 radical (unpaired) electrons. The van der Waals surface area contributed by atoms with Crippen LogP contribution >= 0.6 is 11.3 Å². The van der Waals surface area contributed by atoms with E-state index in [1.54, 1.807) is 6.20 Å². The van der Waals surface area contributed by atoms with Gasteiger partial charge in [0.15, 0.2) is 0 Å². The van der Waals surface area contributed by atoms with Crippen molar-refractivity contribution in [2.45, 2.75) is 59.4 Å². The summed E-state index contributed by atoms with van der Waals surface area (Å²) < 4.78 is 0. The number of hydrogen-bond donors (Lipinski definition) is 3. The standard InChI is InChI=1S/C30H42N8OS/c1-20-25(15-22(17-32-20)33-28(39)26-8-9-27(40-26)29(2,3)4)38-19-24(34-35-38)21-14-23(18-31-16-21)36-10-12-37(13-11-36)30(5,6)7/h8-9,14-15,17-19,21,34-35H,10-13,16H2,1-7H3,(H,33,39). The van der Waals surface area contributed by atoms with Gasteiger partial charge in [-0.2, -0.15) is 0 Å². The number of hydrazine groups is 2. The number of carbonyl (C=O) groups excluding carboxylic acids is 1. The topological polar surface area (TPSA) is 88.1 Å². The number of carbonyl (C=O) groups is 1. The first-order valence-electron chi connectivity index (χ1n) is 14.0. The summed E-state index contributed by atoms with van der Waals surface area (Å²) in [7, 11) is 0. The van der Waals surface area contributed by atoms with Gasteiger partial charge in [0.2, 0.25) is 0 Å². The Hall–Kier alpha value is -3.21. The van der Waals surface area contributed by atoms with E-state index in [4.69, 9.17) is 4.99 Å². The third-order valence-corrected chi connectivity index (χ3v) is 9.14. The van der Waals surface area contributed by atoms with E-state index >= 15 is 0 Å². The van der Waals surface area contributed by atoms with E-state index in [1.165, 1.54) is 21.9 Å². The summed E-state index contributed by atoms with van der Waals surface area (Å²) >= 11 is 1.53. The average molecular weight is 563 g/mol. The van der Waals surface area contributed by atoms with E-state index in [1.807, 2.05) is 36.3 Å². The summed E-state index contributed by atoms with van der Waals surface area (Å²) in [5.74, 6) is 0.0204. The fourth-order valence-corrected chi connectivity index (χ4v) is 6.07. The molecule has 0 saturated carbocycles. The highest BCUT2D eigenvalue weighted by molar-refractivity contribution is 7.14. The van der Waals surface area contributed by atoms with E-state index in [2.05, 4.69) is 84.9 Å². The van der Waals surface area contributed by atoms with Gasteiger partial charge in [0.1, 0.15) is 0 Å². The lowest BCUT2D eigenvalue weighted by Gasteiger charge is -2.43. The second-order valence-electron chi connectivity index (χ2n) is 12.7. The largest absolute Gasteiger partial charge is 0.368 e. The van der Waals surface area contributed by atoms with Crippen LogP contribution in [0.15, 0.2) is 53.1 Å². The Morgan fingerprint density at radius 1 is 1.10 bits per heavy atom. The number of amides is 1. The van der Waals surface area contributed by atoms with Gasteiger partial charge in [-0.05, 0) is 57.4 Å². The van der Waals surface area contributed by atoms with Gasteiger partial charge in [0.05, 0.1) is 46.1 Å². The van der Waals surface area contributed by atoms with Crippen molar-refractivity contribution < 1.29 is 4.79 Å². The molecular formula is C30H42N8OS. The minimum Gasteiger partial charge on any atom is -0.368 e. The maximum Gasteiger partial charge on any atom is 0.265 e. The number of aryl methyl sites for hydroxylation is 1. The first-order chi connectivity index (χ1) is 18.9. The Kier molecular flexibility index (Phi) is 7.78. The van der Waals surface area contributed by atoms with Crippen molar-refractivity contribution in [3.63, 3.8) is 0 Å². The molecule has 3 aliphatic rings. The lowest BCUT2D eigenvalue weighted by molar-refractivity contribution is 0.0786. The minimum atomic E-state index is -0.123. The summed E-state index contributed by atoms with van der Waals surface area (Å²) in [5, 5.41) is 4.94. The lowest BCUT2D eigenvalue weighted by Crippen LogP contribution is -2.53. The fraction of sp³-hybridized carbons (Fsp3) is 0.500. The van der Waals surface area contributed by atoms with Crippen LogP contribution in [0, 0.1) is 12.8 Å². The zero-order valence-electron chi connectivity index (χ0n) is 24.7. The van der Waals surface area contributed by atoms with Crippen molar-refractivity contribution >= 4 is 34.8 Å². The molecule has 0 spiro atoms. The van der Waals surface area contributed by atoms with E-state index in [-0.39, 0.29) is 22.8 Å². The number of rotatable bonds is 5. The number of nitrogens with one attached hydrogen (secondary N) is 3. The molecule has 1 amide bonds. The molecule has 214 valence electrons. The number of nitrogens with zero attached hydrogens (tertiary/aromatic N) is 5. The van der Waals surface area contributed by atoms with Crippen molar-refractivity contribution in [2.75, 3.05) is 43.0 Å². The number of dihydropyridines is 1. The van der Waals surface area contributed by atoms with Crippen molar-refractivity contribution in [1.82, 2.24) is 25.7 Å². The quantitative estimate of drug-likeness (QED) is 0.488. The van der Waals surface area contributed by atoms with Gasteiger partial charge >= 0.3 is 0 Å². The second-order valence-corrected chi connectivity index (χ2v) is 13.8. The van der Waals surface area contributed by atoms with Crippen molar-refractivity contribution in [3.8, 4) is 0 Å². The number of thiophene rings is 1. The van der Waals surface area contributed by atoms with Gasteiger partial charge < -0.3 is 15.6 Å². The Morgan fingerprint density at radius 2 is 1.85 bits per heavy atom. The van der Waals surface area contributed by atoms with Crippen LogP contribution in [0.4, 0.5) is 11.4 Å². The highest BCUT2D eigenvalue weighted by Gasteiger charge is 2.29. The van der Waals surface area contributed by atoms with Gasteiger partial charge in [-0.25, -0.2) is 0 Å². The maximum atomic E-state index is 13.0. The maximum absolute atomic E-state index is 13.0. The van der Waals surface area contributed by atoms with E-state index in [9.17, 15) is 4.79 Å². The number of aliphatic imine (C=N–C) groups is 1. The van der Waals surface area contributed by atoms with Crippen LogP contribution in [0.3, 0.4) is 0 Å². The monoisotopic (exact) mass is 562 g/mol. The molecular weight excluding hydrogens is 520 g/mol. The number of piperazine rings is 1. The summed E-state index contributed by atoms with van der Waals surface area (Å²) in [6.07, 6.45) is 8.09. The predicted octanol–water partition coefficient (Wildman–Crippen LogP) is 4.67. The molecule has 2 aromatic heterocycles. The van der Waals surface area contributed by atoms with Crippen LogP contribution in [0.1, 0.15) is 61.8 Å². The normalized spacial score (nSPS) is 20.3. The molecule has 5 heterocycles.